The predicted octanol–water partition coefficient (Wildman–Crippen LogP) is 4.13. The molecular weight excluding hydrogens is 470 g/mol. The number of thiazole rings is 1. The molecule has 0 radical (unpaired) electrons. The van der Waals surface area contributed by atoms with Crippen LogP contribution in [0.15, 0.2) is 76.0 Å². The molecule has 0 spiro atoms. The Morgan fingerprint density at radius 1 is 1.15 bits per heavy atom. The maximum absolute atomic E-state index is 13.0. The van der Waals surface area contributed by atoms with Crippen LogP contribution in [0.25, 0.3) is 22.3 Å². The summed E-state index contributed by atoms with van der Waals surface area (Å²) >= 11 is 2.73. The van der Waals surface area contributed by atoms with Crippen LogP contribution in [0.4, 0.5) is 0 Å². The molecule has 2 aliphatic rings. The number of nitrogens with one attached hydrogen (secondary N) is 1. The SMILES string of the molecule is COc1ccc(-c2nc3sccn3c2C=C2C(=N)N3N=C(c4cccnc4)SC3=NC2=O)cc1. The lowest BCUT2D eigenvalue weighted by Crippen LogP contribution is -2.35. The fourth-order valence-corrected chi connectivity index (χ4v) is 5.24. The van der Waals surface area contributed by atoms with Gasteiger partial charge >= 0.3 is 0 Å². The smallest absolute Gasteiger partial charge is 0.283 e. The number of hydrazone groups is 1. The number of carbonyl (C=O) groups is 1. The Morgan fingerprint density at radius 2 is 2.00 bits per heavy atom. The summed E-state index contributed by atoms with van der Waals surface area (Å²) in [6.07, 6.45) is 6.92. The number of benzene rings is 1. The molecule has 6 rings (SSSR count). The van der Waals surface area contributed by atoms with Gasteiger partial charge in [-0.1, -0.05) is 0 Å². The van der Waals surface area contributed by atoms with Gasteiger partial charge in [0.25, 0.3) is 5.91 Å². The van der Waals surface area contributed by atoms with Crippen molar-refractivity contribution in [3.05, 3.63) is 77.2 Å². The largest absolute Gasteiger partial charge is 0.497 e. The number of thioether (sulfide) groups is 1. The zero-order valence-corrected chi connectivity index (χ0v) is 19.3. The molecule has 2 aliphatic heterocycles. The molecule has 0 fully saturated rings. The number of aliphatic imine (C=N–C) groups is 1. The quantitative estimate of drug-likeness (QED) is 0.436. The van der Waals surface area contributed by atoms with Crippen molar-refractivity contribution in [3.8, 4) is 17.0 Å². The molecule has 3 aromatic heterocycles. The molecule has 166 valence electrons. The molecule has 0 aliphatic carbocycles. The average molecular weight is 486 g/mol. The molecule has 0 bridgehead atoms. The number of carbonyl (C=O) groups excluding carboxylic acids is 1. The van der Waals surface area contributed by atoms with Crippen molar-refractivity contribution in [2.45, 2.75) is 0 Å². The normalized spacial score (nSPS) is 16.7. The molecule has 1 N–H and O–H groups in total. The second-order valence-electron chi connectivity index (χ2n) is 7.30. The number of hydrogen-bond donors (Lipinski definition) is 1. The first-order valence-electron chi connectivity index (χ1n) is 10.1. The second kappa shape index (κ2) is 8.04. The highest BCUT2D eigenvalue weighted by molar-refractivity contribution is 8.27. The number of ether oxygens (including phenoxy) is 1. The first kappa shape index (κ1) is 20.5. The average Bonchev–Trinajstić information content (AvgIpc) is 3.58. The Morgan fingerprint density at radius 3 is 2.76 bits per heavy atom. The number of hydrogen-bond acceptors (Lipinski definition) is 8. The van der Waals surface area contributed by atoms with Gasteiger partial charge in [-0.3, -0.25) is 19.6 Å². The Bertz CT molecular complexity index is 1550. The van der Waals surface area contributed by atoms with Gasteiger partial charge in [-0.2, -0.15) is 15.1 Å². The van der Waals surface area contributed by atoms with Gasteiger partial charge in [-0.25, -0.2) is 4.98 Å². The predicted molar refractivity (Wildman–Crippen MR) is 133 cm³/mol. The lowest BCUT2D eigenvalue weighted by molar-refractivity contribution is -0.114. The fraction of sp³-hybridized carbons (Fsp3) is 0.0435. The molecule has 1 amide bonds. The Kier molecular flexibility index (Phi) is 4.85. The third kappa shape index (κ3) is 3.33. The maximum Gasteiger partial charge on any atom is 0.283 e. The molecule has 5 heterocycles. The molecule has 34 heavy (non-hydrogen) atoms. The third-order valence-electron chi connectivity index (χ3n) is 5.31. The standard InChI is InChI=1S/C23H15N7O2S2/c1-32-15-6-4-13(5-7-15)18-17(29-9-10-33-22(29)26-18)11-16-19(24)30-23(27-20(16)31)34-21(28-30)14-3-2-8-25-12-14/h2-12,24H,1H3. The van der Waals surface area contributed by atoms with Gasteiger partial charge in [0.2, 0.25) is 5.17 Å². The van der Waals surface area contributed by atoms with Crippen LogP contribution in [0.5, 0.6) is 5.75 Å². The van der Waals surface area contributed by atoms with E-state index in [1.165, 1.54) is 28.1 Å². The zero-order valence-electron chi connectivity index (χ0n) is 17.7. The molecule has 4 aromatic rings. The van der Waals surface area contributed by atoms with Crippen molar-refractivity contribution in [1.82, 2.24) is 19.4 Å². The summed E-state index contributed by atoms with van der Waals surface area (Å²) in [6, 6.07) is 11.2. The van der Waals surface area contributed by atoms with Crippen molar-refractivity contribution in [2.75, 3.05) is 7.11 Å². The van der Waals surface area contributed by atoms with E-state index >= 15 is 0 Å². The Hall–Kier alpha value is -4.09. The highest BCUT2D eigenvalue weighted by Gasteiger charge is 2.36. The lowest BCUT2D eigenvalue weighted by atomic mass is 10.1. The van der Waals surface area contributed by atoms with Crippen LogP contribution in [0.2, 0.25) is 0 Å². The van der Waals surface area contributed by atoms with E-state index in [1.54, 1.807) is 25.6 Å². The molecule has 0 atom stereocenters. The van der Waals surface area contributed by atoms with Crippen LogP contribution < -0.4 is 4.74 Å². The van der Waals surface area contributed by atoms with Crippen molar-refractivity contribution >= 4 is 56.1 Å². The summed E-state index contributed by atoms with van der Waals surface area (Å²) in [5, 5.41) is 17.6. The van der Waals surface area contributed by atoms with Gasteiger partial charge in [-0.15, -0.1) is 11.3 Å². The number of methoxy groups -OCH3 is 1. The van der Waals surface area contributed by atoms with E-state index in [4.69, 9.17) is 15.1 Å². The minimum Gasteiger partial charge on any atom is -0.497 e. The summed E-state index contributed by atoms with van der Waals surface area (Å²) in [6.45, 7) is 0. The number of fused-ring (bicyclic) bond motifs is 2. The van der Waals surface area contributed by atoms with Crippen LogP contribution in [0.3, 0.4) is 0 Å². The van der Waals surface area contributed by atoms with Gasteiger partial charge in [0.1, 0.15) is 10.8 Å². The number of rotatable bonds is 4. The van der Waals surface area contributed by atoms with E-state index in [1.807, 2.05) is 52.4 Å². The van der Waals surface area contributed by atoms with E-state index in [0.717, 1.165) is 21.8 Å². The summed E-state index contributed by atoms with van der Waals surface area (Å²) in [7, 11) is 1.62. The summed E-state index contributed by atoms with van der Waals surface area (Å²) in [4.78, 5) is 26.8. The van der Waals surface area contributed by atoms with Crippen LogP contribution in [-0.4, -0.2) is 48.4 Å². The molecule has 1 aromatic carbocycles. The van der Waals surface area contributed by atoms with Gasteiger partial charge in [-0.05, 0) is 54.2 Å². The minimum absolute atomic E-state index is 0.0350. The molecule has 0 saturated heterocycles. The molecule has 11 heteroatoms. The van der Waals surface area contributed by atoms with Crippen LogP contribution in [-0.2, 0) is 4.79 Å². The zero-order chi connectivity index (χ0) is 23.2. The van der Waals surface area contributed by atoms with Crippen molar-refractivity contribution in [2.24, 2.45) is 10.1 Å². The highest BCUT2D eigenvalue weighted by atomic mass is 32.2. The van der Waals surface area contributed by atoms with Gasteiger partial charge in [0, 0.05) is 35.1 Å². The van der Waals surface area contributed by atoms with Crippen LogP contribution in [0.1, 0.15) is 11.3 Å². The first-order valence-corrected chi connectivity index (χ1v) is 11.8. The van der Waals surface area contributed by atoms with Crippen molar-refractivity contribution in [3.63, 3.8) is 0 Å². The Labute approximate surface area is 201 Å². The molecule has 0 saturated carbocycles. The monoisotopic (exact) mass is 485 g/mol. The topological polar surface area (TPSA) is 108 Å². The number of nitrogens with zero attached hydrogens (tertiary/aromatic N) is 6. The van der Waals surface area contributed by atoms with Crippen molar-refractivity contribution < 1.29 is 9.53 Å². The summed E-state index contributed by atoms with van der Waals surface area (Å²) in [5.74, 6) is 0.217. The molecule has 0 unspecified atom stereocenters. The molecule has 9 nitrogen and oxygen atoms in total. The van der Waals surface area contributed by atoms with E-state index in [9.17, 15) is 4.79 Å². The van der Waals surface area contributed by atoms with Gasteiger partial charge in [0.05, 0.1) is 24.1 Å². The van der Waals surface area contributed by atoms with Gasteiger partial charge in [0.15, 0.2) is 10.8 Å². The molecular formula is C23H15N7O2S2. The van der Waals surface area contributed by atoms with E-state index in [2.05, 4.69) is 15.1 Å². The number of amidine groups is 2. The maximum atomic E-state index is 13.0. The number of pyridine rings is 1. The number of amides is 1. The lowest BCUT2D eigenvalue weighted by Gasteiger charge is -2.20. The van der Waals surface area contributed by atoms with Crippen molar-refractivity contribution in [1.29, 1.82) is 5.41 Å². The number of aromatic nitrogens is 3. The van der Waals surface area contributed by atoms with Crippen LogP contribution in [0, 0.1) is 5.41 Å². The van der Waals surface area contributed by atoms with E-state index in [0.29, 0.717) is 21.6 Å². The van der Waals surface area contributed by atoms with Crippen LogP contribution >= 0.6 is 23.1 Å². The third-order valence-corrected chi connectivity index (χ3v) is 7.02. The summed E-state index contributed by atoms with van der Waals surface area (Å²) in [5.41, 5.74) is 3.21. The minimum atomic E-state index is -0.489. The van der Waals surface area contributed by atoms with Gasteiger partial charge < -0.3 is 4.74 Å². The second-order valence-corrected chi connectivity index (χ2v) is 9.13. The van der Waals surface area contributed by atoms with E-state index in [-0.39, 0.29) is 11.4 Å². The van der Waals surface area contributed by atoms with E-state index < -0.39 is 5.91 Å². The highest BCUT2D eigenvalue weighted by Crippen LogP contribution is 2.33. The fourth-order valence-electron chi connectivity index (χ4n) is 3.64. The summed E-state index contributed by atoms with van der Waals surface area (Å²) < 4.78 is 7.17. The Balaban J connectivity index is 1.43. The number of imidazole rings is 1. The first-order chi connectivity index (χ1) is 16.6.